The lowest BCUT2D eigenvalue weighted by atomic mass is 9.89. The number of carbonyl (C=O) groups is 1. The Labute approximate surface area is 126 Å². The third-order valence-corrected chi connectivity index (χ3v) is 4.03. The van der Waals surface area contributed by atoms with Gasteiger partial charge in [0.2, 0.25) is 0 Å². The second-order valence-corrected chi connectivity index (χ2v) is 5.51. The molecule has 1 amide bonds. The number of amides is 1. The molecule has 0 saturated heterocycles. The quantitative estimate of drug-likeness (QED) is 0.770. The highest BCUT2D eigenvalue weighted by atomic mass is 16.5. The molecule has 1 aliphatic rings. The lowest BCUT2D eigenvalue weighted by Gasteiger charge is -2.23. The van der Waals surface area contributed by atoms with Gasteiger partial charge in [-0.15, -0.1) is 0 Å². The van der Waals surface area contributed by atoms with E-state index in [1.54, 1.807) is 0 Å². The number of benzene rings is 1. The topological polar surface area (TPSA) is 62.4 Å². The van der Waals surface area contributed by atoms with E-state index in [9.17, 15) is 4.79 Å². The van der Waals surface area contributed by atoms with E-state index < -0.39 is 6.09 Å². The van der Waals surface area contributed by atoms with Crippen LogP contribution in [0, 0.1) is 5.92 Å². The van der Waals surface area contributed by atoms with Gasteiger partial charge in [0, 0.05) is 19.3 Å². The smallest absolute Gasteiger partial charge is 0.411 e. The number of hydrogen-bond acceptors (Lipinski definition) is 4. The van der Waals surface area contributed by atoms with Crippen molar-refractivity contribution in [3.63, 3.8) is 0 Å². The van der Waals surface area contributed by atoms with Crippen molar-refractivity contribution >= 4 is 23.2 Å². The Balaban J connectivity index is 1.96. The Kier molecular flexibility index (Phi) is 5.72. The summed E-state index contributed by atoms with van der Waals surface area (Å²) in [4.78, 5) is 11.2. The van der Waals surface area contributed by atoms with E-state index in [4.69, 9.17) is 0 Å². The monoisotopic (exact) mass is 291 g/mol. The highest BCUT2D eigenvalue weighted by molar-refractivity contribution is 5.87. The number of ether oxygens (including phenoxy) is 1. The van der Waals surface area contributed by atoms with Crippen molar-refractivity contribution in [2.45, 2.75) is 32.1 Å². The van der Waals surface area contributed by atoms with E-state index in [0.29, 0.717) is 0 Å². The van der Waals surface area contributed by atoms with E-state index in [0.717, 1.165) is 29.5 Å². The van der Waals surface area contributed by atoms with Crippen molar-refractivity contribution in [3.05, 3.63) is 18.2 Å². The van der Waals surface area contributed by atoms with Gasteiger partial charge in [-0.1, -0.05) is 19.3 Å². The first kappa shape index (κ1) is 15.5. The second-order valence-electron chi connectivity index (χ2n) is 5.51. The molecule has 3 N–H and O–H groups in total. The number of nitrogens with one attached hydrogen (secondary N) is 3. The SMILES string of the molecule is CNc1cc(NC(=O)OC)ccc1NCC1CCCCC1. The molecular formula is C16H25N3O2. The molecule has 21 heavy (non-hydrogen) atoms. The van der Waals surface area contributed by atoms with Gasteiger partial charge in [-0.05, 0) is 37.0 Å². The van der Waals surface area contributed by atoms with Crippen LogP contribution in [-0.4, -0.2) is 26.8 Å². The summed E-state index contributed by atoms with van der Waals surface area (Å²) in [6.45, 7) is 1.01. The minimum Gasteiger partial charge on any atom is -0.453 e. The lowest BCUT2D eigenvalue weighted by molar-refractivity contribution is 0.187. The first-order valence-corrected chi connectivity index (χ1v) is 7.63. The van der Waals surface area contributed by atoms with Crippen LogP contribution in [0.4, 0.5) is 21.9 Å². The standard InChI is InChI=1S/C16H25N3O2/c1-17-15-10-13(19-16(20)21-2)8-9-14(15)18-11-12-6-4-3-5-7-12/h8-10,12,17-18H,3-7,11H2,1-2H3,(H,19,20). The van der Waals surface area contributed by atoms with Gasteiger partial charge in [0.05, 0.1) is 18.5 Å². The van der Waals surface area contributed by atoms with Gasteiger partial charge < -0.3 is 15.4 Å². The van der Waals surface area contributed by atoms with Crippen molar-refractivity contribution < 1.29 is 9.53 Å². The van der Waals surface area contributed by atoms with Crippen LogP contribution in [0.5, 0.6) is 0 Å². The summed E-state index contributed by atoms with van der Waals surface area (Å²) < 4.78 is 4.60. The molecule has 0 radical (unpaired) electrons. The molecule has 0 bridgehead atoms. The number of rotatable bonds is 5. The maximum absolute atomic E-state index is 11.2. The molecule has 1 aromatic carbocycles. The number of anilines is 3. The predicted octanol–water partition coefficient (Wildman–Crippen LogP) is 3.90. The van der Waals surface area contributed by atoms with Crippen molar-refractivity contribution in [1.29, 1.82) is 0 Å². The Morgan fingerprint density at radius 1 is 1.24 bits per heavy atom. The van der Waals surface area contributed by atoms with Crippen LogP contribution < -0.4 is 16.0 Å². The fourth-order valence-electron chi connectivity index (χ4n) is 2.80. The summed E-state index contributed by atoms with van der Waals surface area (Å²) >= 11 is 0. The normalized spacial score (nSPS) is 15.3. The van der Waals surface area contributed by atoms with Crippen molar-refractivity contribution in [2.75, 3.05) is 36.7 Å². The first-order chi connectivity index (χ1) is 10.2. The summed E-state index contributed by atoms with van der Waals surface area (Å²) in [5, 5.41) is 9.35. The predicted molar refractivity (Wildman–Crippen MR) is 87.1 cm³/mol. The van der Waals surface area contributed by atoms with Crippen LogP contribution in [0.3, 0.4) is 0 Å². The maximum atomic E-state index is 11.2. The van der Waals surface area contributed by atoms with Gasteiger partial charge in [0.1, 0.15) is 0 Å². The summed E-state index contributed by atoms with van der Waals surface area (Å²) in [5.41, 5.74) is 2.76. The van der Waals surface area contributed by atoms with Gasteiger partial charge in [-0.2, -0.15) is 0 Å². The molecule has 2 rings (SSSR count). The summed E-state index contributed by atoms with van der Waals surface area (Å²) in [6.07, 6.45) is 6.28. The Morgan fingerprint density at radius 3 is 2.67 bits per heavy atom. The molecule has 0 heterocycles. The number of carbonyl (C=O) groups excluding carboxylic acids is 1. The summed E-state index contributed by atoms with van der Waals surface area (Å²) in [5.74, 6) is 0.774. The maximum Gasteiger partial charge on any atom is 0.411 e. The van der Waals surface area contributed by atoms with E-state index >= 15 is 0 Å². The highest BCUT2D eigenvalue weighted by Gasteiger charge is 2.13. The summed E-state index contributed by atoms with van der Waals surface area (Å²) in [7, 11) is 3.23. The molecule has 0 atom stereocenters. The molecule has 0 unspecified atom stereocenters. The van der Waals surface area contributed by atoms with E-state index in [2.05, 4.69) is 20.7 Å². The van der Waals surface area contributed by atoms with Crippen molar-refractivity contribution in [3.8, 4) is 0 Å². The summed E-state index contributed by atoms with van der Waals surface area (Å²) in [6, 6.07) is 5.76. The Bertz CT molecular complexity index is 471. The zero-order valence-electron chi connectivity index (χ0n) is 12.9. The molecular weight excluding hydrogens is 266 g/mol. The molecule has 1 fully saturated rings. The van der Waals surface area contributed by atoms with E-state index in [1.807, 2.05) is 25.2 Å². The van der Waals surface area contributed by atoms with Crippen LogP contribution in [-0.2, 0) is 4.74 Å². The molecule has 1 saturated carbocycles. The Hall–Kier alpha value is -1.91. The molecule has 1 aliphatic carbocycles. The third-order valence-electron chi connectivity index (χ3n) is 4.03. The highest BCUT2D eigenvalue weighted by Crippen LogP contribution is 2.28. The molecule has 5 heteroatoms. The minimum absolute atomic E-state index is 0.458. The van der Waals surface area contributed by atoms with Gasteiger partial charge >= 0.3 is 6.09 Å². The number of methoxy groups -OCH3 is 1. The molecule has 116 valence electrons. The second kappa shape index (κ2) is 7.76. The van der Waals surface area contributed by atoms with Crippen LogP contribution >= 0.6 is 0 Å². The largest absolute Gasteiger partial charge is 0.453 e. The van der Waals surface area contributed by atoms with Crippen LogP contribution in [0.1, 0.15) is 32.1 Å². The molecule has 1 aromatic rings. The van der Waals surface area contributed by atoms with Gasteiger partial charge in [-0.25, -0.2) is 4.79 Å². The van der Waals surface area contributed by atoms with Crippen LogP contribution in [0.2, 0.25) is 0 Å². The fraction of sp³-hybridized carbons (Fsp3) is 0.562. The molecule has 0 aromatic heterocycles. The van der Waals surface area contributed by atoms with E-state index in [1.165, 1.54) is 39.2 Å². The fourth-order valence-corrected chi connectivity index (χ4v) is 2.80. The van der Waals surface area contributed by atoms with Crippen molar-refractivity contribution in [2.24, 2.45) is 5.92 Å². The van der Waals surface area contributed by atoms with Gasteiger partial charge in [0.15, 0.2) is 0 Å². The van der Waals surface area contributed by atoms with Gasteiger partial charge in [0.25, 0.3) is 0 Å². The lowest BCUT2D eigenvalue weighted by Crippen LogP contribution is -2.17. The van der Waals surface area contributed by atoms with E-state index in [-0.39, 0.29) is 0 Å². The Morgan fingerprint density at radius 2 is 2.00 bits per heavy atom. The average molecular weight is 291 g/mol. The zero-order valence-corrected chi connectivity index (χ0v) is 12.9. The molecule has 0 aliphatic heterocycles. The van der Waals surface area contributed by atoms with Crippen LogP contribution in [0.25, 0.3) is 0 Å². The zero-order chi connectivity index (χ0) is 15.1. The number of hydrogen-bond donors (Lipinski definition) is 3. The first-order valence-electron chi connectivity index (χ1n) is 7.63. The molecule has 5 nitrogen and oxygen atoms in total. The average Bonchev–Trinajstić information content (AvgIpc) is 2.54. The minimum atomic E-state index is -0.458. The van der Waals surface area contributed by atoms with Crippen molar-refractivity contribution in [1.82, 2.24) is 0 Å². The molecule has 0 spiro atoms. The van der Waals surface area contributed by atoms with Gasteiger partial charge in [-0.3, -0.25) is 5.32 Å². The third kappa shape index (κ3) is 4.55. The van der Waals surface area contributed by atoms with Crippen LogP contribution in [0.15, 0.2) is 18.2 Å².